The van der Waals surface area contributed by atoms with Gasteiger partial charge >= 0.3 is 5.97 Å². The average Bonchev–Trinajstić information content (AvgIpc) is 2.43. The molecule has 1 aliphatic heterocycles. The molecule has 0 aromatic carbocycles. The highest BCUT2D eigenvalue weighted by Gasteiger charge is 2.52. The maximum atomic E-state index is 10.9. The SMILES string of the molecule is COC12CCCC1CC(=O)O2. The molecule has 2 fully saturated rings. The van der Waals surface area contributed by atoms with E-state index in [9.17, 15) is 4.79 Å². The zero-order chi connectivity index (χ0) is 7.90. The number of esters is 1. The lowest BCUT2D eigenvalue weighted by molar-refractivity contribution is -0.208. The lowest BCUT2D eigenvalue weighted by atomic mass is 10.0. The van der Waals surface area contributed by atoms with Gasteiger partial charge in [0, 0.05) is 19.4 Å². The minimum atomic E-state index is -0.531. The van der Waals surface area contributed by atoms with Crippen LogP contribution in [0.25, 0.3) is 0 Å². The molecule has 1 aliphatic carbocycles. The fourth-order valence-corrected chi connectivity index (χ4v) is 2.16. The van der Waals surface area contributed by atoms with Gasteiger partial charge in [0.2, 0.25) is 5.79 Å². The molecule has 2 atom stereocenters. The highest BCUT2D eigenvalue weighted by molar-refractivity contribution is 5.72. The standard InChI is InChI=1S/C8H12O3/c1-10-8-4-2-3-6(8)5-7(9)11-8/h6H,2-5H2,1H3. The third-order valence-corrected chi connectivity index (χ3v) is 2.75. The van der Waals surface area contributed by atoms with E-state index in [1.165, 1.54) is 0 Å². The van der Waals surface area contributed by atoms with E-state index in [0.29, 0.717) is 12.3 Å². The Balaban J connectivity index is 2.21. The van der Waals surface area contributed by atoms with Crippen LogP contribution < -0.4 is 0 Å². The normalized spacial score (nSPS) is 42.3. The summed E-state index contributed by atoms with van der Waals surface area (Å²) in [5.41, 5.74) is 0. The lowest BCUT2D eigenvalue weighted by Crippen LogP contribution is -2.32. The second kappa shape index (κ2) is 2.21. The number of hydrogen-bond acceptors (Lipinski definition) is 3. The van der Waals surface area contributed by atoms with Crippen molar-refractivity contribution in [2.45, 2.75) is 31.5 Å². The first-order valence-electron chi connectivity index (χ1n) is 4.04. The lowest BCUT2D eigenvalue weighted by Gasteiger charge is -2.24. The summed E-state index contributed by atoms with van der Waals surface area (Å²) in [6.45, 7) is 0. The van der Waals surface area contributed by atoms with Gasteiger partial charge in [0.25, 0.3) is 0 Å². The van der Waals surface area contributed by atoms with E-state index in [-0.39, 0.29) is 5.97 Å². The van der Waals surface area contributed by atoms with E-state index in [0.717, 1.165) is 19.3 Å². The molecular formula is C8H12O3. The molecular weight excluding hydrogens is 144 g/mol. The monoisotopic (exact) mass is 156 g/mol. The average molecular weight is 156 g/mol. The summed E-state index contributed by atoms with van der Waals surface area (Å²) in [7, 11) is 1.62. The Hall–Kier alpha value is -0.570. The molecule has 11 heavy (non-hydrogen) atoms. The summed E-state index contributed by atoms with van der Waals surface area (Å²) in [6.07, 6.45) is 3.61. The largest absolute Gasteiger partial charge is 0.433 e. The molecule has 0 N–H and O–H groups in total. The minimum absolute atomic E-state index is 0.100. The molecule has 0 spiro atoms. The predicted octanol–water partition coefficient (Wildman–Crippen LogP) is 1.08. The molecule has 0 amide bonds. The van der Waals surface area contributed by atoms with Gasteiger partial charge in [0.15, 0.2) is 0 Å². The quantitative estimate of drug-likeness (QED) is 0.533. The number of carbonyl (C=O) groups is 1. The third-order valence-electron chi connectivity index (χ3n) is 2.75. The van der Waals surface area contributed by atoms with Crippen LogP contribution in [0.2, 0.25) is 0 Å². The zero-order valence-electron chi connectivity index (χ0n) is 6.63. The highest BCUT2D eigenvalue weighted by Crippen LogP contribution is 2.45. The van der Waals surface area contributed by atoms with Crippen molar-refractivity contribution < 1.29 is 14.3 Å². The Morgan fingerprint density at radius 1 is 1.73 bits per heavy atom. The molecule has 3 heteroatoms. The fourth-order valence-electron chi connectivity index (χ4n) is 2.16. The van der Waals surface area contributed by atoms with E-state index in [4.69, 9.17) is 9.47 Å². The Kier molecular flexibility index (Phi) is 1.42. The van der Waals surface area contributed by atoms with Gasteiger partial charge in [-0.3, -0.25) is 4.79 Å². The maximum Gasteiger partial charge on any atom is 0.308 e. The van der Waals surface area contributed by atoms with Gasteiger partial charge in [-0.1, -0.05) is 0 Å². The van der Waals surface area contributed by atoms with Crippen LogP contribution in [-0.4, -0.2) is 18.9 Å². The van der Waals surface area contributed by atoms with Crippen molar-refractivity contribution in [3.05, 3.63) is 0 Å². The van der Waals surface area contributed by atoms with E-state index >= 15 is 0 Å². The number of carbonyl (C=O) groups excluding carboxylic acids is 1. The number of fused-ring (bicyclic) bond motifs is 1. The van der Waals surface area contributed by atoms with Crippen LogP contribution in [0.15, 0.2) is 0 Å². The molecule has 2 unspecified atom stereocenters. The summed E-state index contributed by atoms with van der Waals surface area (Å²) < 4.78 is 10.4. The molecule has 0 bridgehead atoms. The number of rotatable bonds is 1. The Labute approximate surface area is 65.7 Å². The summed E-state index contributed by atoms with van der Waals surface area (Å²) in [4.78, 5) is 10.9. The first kappa shape index (κ1) is 7.10. The van der Waals surface area contributed by atoms with Crippen LogP contribution >= 0.6 is 0 Å². The van der Waals surface area contributed by atoms with E-state index in [1.54, 1.807) is 7.11 Å². The van der Waals surface area contributed by atoms with Crippen LogP contribution in [0.4, 0.5) is 0 Å². The van der Waals surface area contributed by atoms with Gasteiger partial charge in [0.1, 0.15) is 0 Å². The Bertz CT molecular complexity index is 190. The number of ether oxygens (including phenoxy) is 2. The summed E-state index contributed by atoms with van der Waals surface area (Å²) in [5, 5.41) is 0. The molecule has 62 valence electrons. The van der Waals surface area contributed by atoms with Crippen molar-refractivity contribution in [3.8, 4) is 0 Å². The molecule has 0 aromatic rings. The van der Waals surface area contributed by atoms with Crippen LogP contribution in [0, 0.1) is 5.92 Å². The van der Waals surface area contributed by atoms with E-state index < -0.39 is 5.79 Å². The van der Waals surface area contributed by atoms with Crippen LogP contribution in [0.5, 0.6) is 0 Å². The second-order valence-corrected chi connectivity index (χ2v) is 3.28. The molecule has 0 aromatic heterocycles. The highest BCUT2D eigenvalue weighted by atomic mass is 16.7. The maximum absolute atomic E-state index is 10.9. The van der Waals surface area contributed by atoms with Gasteiger partial charge in [-0.2, -0.15) is 0 Å². The molecule has 1 saturated carbocycles. The van der Waals surface area contributed by atoms with Gasteiger partial charge in [0.05, 0.1) is 6.42 Å². The minimum Gasteiger partial charge on any atom is -0.433 e. The Morgan fingerprint density at radius 2 is 2.55 bits per heavy atom. The summed E-state index contributed by atoms with van der Waals surface area (Å²) >= 11 is 0. The smallest absolute Gasteiger partial charge is 0.308 e. The predicted molar refractivity (Wildman–Crippen MR) is 37.8 cm³/mol. The van der Waals surface area contributed by atoms with Gasteiger partial charge in [-0.25, -0.2) is 0 Å². The van der Waals surface area contributed by atoms with Crippen LogP contribution in [0.1, 0.15) is 25.7 Å². The van der Waals surface area contributed by atoms with Crippen LogP contribution in [0.3, 0.4) is 0 Å². The fraction of sp³-hybridized carbons (Fsp3) is 0.875. The number of hydrogen-bond donors (Lipinski definition) is 0. The molecule has 2 aliphatic rings. The molecule has 1 heterocycles. The van der Waals surface area contributed by atoms with Gasteiger partial charge < -0.3 is 9.47 Å². The molecule has 3 nitrogen and oxygen atoms in total. The Morgan fingerprint density at radius 3 is 3.18 bits per heavy atom. The van der Waals surface area contributed by atoms with Crippen molar-refractivity contribution >= 4 is 5.97 Å². The zero-order valence-corrected chi connectivity index (χ0v) is 6.63. The third kappa shape index (κ3) is 0.872. The summed E-state index contributed by atoms with van der Waals surface area (Å²) in [5.74, 6) is -0.312. The summed E-state index contributed by atoms with van der Waals surface area (Å²) in [6, 6.07) is 0. The van der Waals surface area contributed by atoms with Crippen molar-refractivity contribution in [3.63, 3.8) is 0 Å². The molecule has 0 radical (unpaired) electrons. The molecule has 1 saturated heterocycles. The van der Waals surface area contributed by atoms with Crippen molar-refractivity contribution in [2.75, 3.05) is 7.11 Å². The first-order chi connectivity index (χ1) is 5.27. The molecule has 2 rings (SSSR count). The first-order valence-corrected chi connectivity index (χ1v) is 4.04. The second-order valence-electron chi connectivity index (χ2n) is 3.28. The van der Waals surface area contributed by atoms with Crippen molar-refractivity contribution in [2.24, 2.45) is 5.92 Å². The van der Waals surface area contributed by atoms with Crippen LogP contribution in [-0.2, 0) is 14.3 Å². The van der Waals surface area contributed by atoms with E-state index in [1.807, 2.05) is 0 Å². The van der Waals surface area contributed by atoms with Gasteiger partial charge in [-0.15, -0.1) is 0 Å². The van der Waals surface area contributed by atoms with Gasteiger partial charge in [-0.05, 0) is 12.8 Å². The van der Waals surface area contributed by atoms with Crippen molar-refractivity contribution in [1.29, 1.82) is 0 Å². The topological polar surface area (TPSA) is 35.5 Å². The number of methoxy groups -OCH3 is 1. The van der Waals surface area contributed by atoms with E-state index in [2.05, 4.69) is 0 Å². The van der Waals surface area contributed by atoms with Crippen molar-refractivity contribution in [1.82, 2.24) is 0 Å².